The topological polar surface area (TPSA) is 100 Å². The summed E-state index contributed by atoms with van der Waals surface area (Å²) in [6.07, 6.45) is 0. The highest BCUT2D eigenvalue weighted by atomic mass is 35.5. The van der Waals surface area contributed by atoms with Crippen LogP contribution in [0.1, 0.15) is 30.9 Å². The average molecular weight is 542 g/mol. The predicted octanol–water partition coefficient (Wildman–Crippen LogP) is 5.35. The van der Waals surface area contributed by atoms with Gasteiger partial charge in [-0.3, -0.25) is 4.99 Å². The molecule has 0 saturated heterocycles. The largest absolute Gasteiger partial charge is 0.381 e. The highest BCUT2D eigenvalue weighted by molar-refractivity contribution is 7.90. The molecule has 36 heavy (non-hydrogen) atoms. The van der Waals surface area contributed by atoms with Crippen LogP contribution >= 0.6 is 23.2 Å². The van der Waals surface area contributed by atoms with E-state index in [1.54, 1.807) is 12.1 Å². The van der Waals surface area contributed by atoms with Crippen LogP contribution in [0.25, 0.3) is 0 Å². The summed E-state index contributed by atoms with van der Waals surface area (Å²) < 4.78 is 30.5. The van der Waals surface area contributed by atoms with Crippen LogP contribution in [0, 0.1) is 0 Å². The number of benzene rings is 3. The van der Waals surface area contributed by atoms with Gasteiger partial charge in [-0.05, 0) is 61.4 Å². The third kappa shape index (κ3) is 5.95. The maximum Gasteiger partial charge on any atom is 0.284 e. The number of aliphatic imine (C=N–C) groups is 1. The molecule has 0 aromatic heterocycles. The second kappa shape index (κ2) is 10.8. The SMILES string of the molecule is CC(C)N=C(N)/C(=N\S(=O)(=O)c1ccc(Cl)cc1)N1CC(c2ccccc2)C(c2ccc(Cl)cc2)=N1. The van der Waals surface area contributed by atoms with Crippen molar-refractivity contribution in [3.63, 3.8) is 0 Å². The van der Waals surface area contributed by atoms with Gasteiger partial charge in [-0.15, -0.1) is 4.40 Å². The number of hydrogen-bond donors (Lipinski definition) is 1. The minimum Gasteiger partial charge on any atom is -0.381 e. The predicted molar refractivity (Wildman–Crippen MR) is 147 cm³/mol. The molecule has 2 N–H and O–H groups in total. The standard InChI is InChI=1S/C26H25Cl2N5O2S/c1-17(2)30-25(29)26(32-36(34,35)22-14-12-21(28)13-15-22)33-16-23(18-6-4-3-5-7-18)24(31-33)19-8-10-20(27)11-9-19/h3-15,17,23H,16H2,1-2H3,(H2,29,30)/b32-26+. The minimum atomic E-state index is -4.12. The van der Waals surface area contributed by atoms with Gasteiger partial charge in [-0.1, -0.05) is 65.7 Å². The van der Waals surface area contributed by atoms with E-state index in [9.17, 15) is 8.42 Å². The molecule has 1 heterocycles. The lowest BCUT2D eigenvalue weighted by Crippen LogP contribution is -2.38. The van der Waals surface area contributed by atoms with Crippen LogP contribution < -0.4 is 5.73 Å². The summed E-state index contributed by atoms with van der Waals surface area (Å²) in [5.74, 6) is -0.221. The molecule has 186 valence electrons. The fourth-order valence-corrected chi connectivity index (χ4v) is 5.05. The number of nitrogens with two attached hydrogens (primary N) is 1. The summed E-state index contributed by atoms with van der Waals surface area (Å²) >= 11 is 12.0. The normalized spacial score (nSPS) is 17.0. The van der Waals surface area contributed by atoms with Gasteiger partial charge >= 0.3 is 0 Å². The fraction of sp³-hybridized carbons (Fsp3) is 0.192. The van der Waals surface area contributed by atoms with Gasteiger partial charge in [0.2, 0.25) is 5.84 Å². The number of halogens is 2. The maximum absolute atomic E-state index is 13.2. The number of amidine groups is 2. The van der Waals surface area contributed by atoms with E-state index in [1.165, 1.54) is 29.3 Å². The van der Waals surface area contributed by atoms with Crippen molar-refractivity contribution in [2.24, 2.45) is 20.2 Å². The molecule has 10 heteroatoms. The van der Waals surface area contributed by atoms with Crippen molar-refractivity contribution >= 4 is 50.6 Å². The van der Waals surface area contributed by atoms with Crippen LogP contribution in [0.5, 0.6) is 0 Å². The Morgan fingerprint density at radius 3 is 2.14 bits per heavy atom. The first-order chi connectivity index (χ1) is 17.1. The Morgan fingerprint density at radius 2 is 1.56 bits per heavy atom. The molecule has 0 amide bonds. The molecule has 0 fully saturated rings. The molecular weight excluding hydrogens is 517 g/mol. The molecule has 0 saturated carbocycles. The molecule has 3 aromatic rings. The van der Waals surface area contributed by atoms with E-state index in [4.69, 9.17) is 34.0 Å². The summed E-state index contributed by atoms with van der Waals surface area (Å²) in [6.45, 7) is 4.01. The van der Waals surface area contributed by atoms with Gasteiger partial charge in [-0.25, -0.2) is 5.01 Å². The van der Waals surface area contributed by atoms with Gasteiger partial charge in [0, 0.05) is 22.0 Å². The summed E-state index contributed by atoms with van der Waals surface area (Å²) in [6, 6.07) is 22.8. The quantitative estimate of drug-likeness (QED) is 0.347. The zero-order chi connectivity index (χ0) is 25.9. The number of sulfonamides is 1. The minimum absolute atomic E-state index is 0.0116. The fourth-order valence-electron chi connectivity index (χ4n) is 3.80. The third-order valence-corrected chi connectivity index (χ3v) is 7.23. The first kappa shape index (κ1) is 25.9. The molecule has 1 unspecified atom stereocenters. The molecule has 4 rings (SSSR count). The van der Waals surface area contributed by atoms with E-state index in [0.717, 1.165) is 16.8 Å². The van der Waals surface area contributed by atoms with Crippen LogP contribution in [0.4, 0.5) is 0 Å². The van der Waals surface area contributed by atoms with Gasteiger partial charge in [0.1, 0.15) is 0 Å². The highest BCUT2D eigenvalue weighted by Gasteiger charge is 2.33. The Bertz CT molecular complexity index is 1420. The van der Waals surface area contributed by atoms with Gasteiger partial charge in [-0.2, -0.15) is 13.5 Å². The van der Waals surface area contributed by atoms with Crippen LogP contribution in [0.15, 0.2) is 98.2 Å². The van der Waals surface area contributed by atoms with Crippen molar-refractivity contribution in [1.82, 2.24) is 5.01 Å². The van der Waals surface area contributed by atoms with Gasteiger partial charge in [0.05, 0.1) is 17.2 Å². The Kier molecular flexibility index (Phi) is 7.78. The van der Waals surface area contributed by atoms with Crippen LogP contribution in [-0.4, -0.2) is 43.4 Å². The van der Waals surface area contributed by atoms with Crippen LogP contribution in [0.2, 0.25) is 10.0 Å². The summed E-state index contributed by atoms with van der Waals surface area (Å²) in [5, 5.41) is 7.33. The Hall–Kier alpha value is -3.20. The molecule has 7 nitrogen and oxygen atoms in total. The molecule has 0 bridgehead atoms. The van der Waals surface area contributed by atoms with E-state index >= 15 is 0 Å². The first-order valence-electron chi connectivity index (χ1n) is 11.2. The lowest BCUT2D eigenvalue weighted by molar-refractivity contribution is 0.480. The highest BCUT2D eigenvalue weighted by Crippen LogP contribution is 2.30. The number of hydrazone groups is 1. The summed E-state index contributed by atoms with van der Waals surface area (Å²) in [7, 11) is -4.12. The Labute approximate surface area is 221 Å². The van der Waals surface area contributed by atoms with E-state index < -0.39 is 10.0 Å². The monoisotopic (exact) mass is 541 g/mol. The summed E-state index contributed by atoms with van der Waals surface area (Å²) in [5.41, 5.74) is 8.92. The molecule has 0 aliphatic carbocycles. The second-order valence-corrected chi connectivity index (χ2v) is 11.0. The first-order valence-corrected chi connectivity index (χ1v) is 13.4. The molecule has 1 atom stereocenters. The molecule has 0 spiro atoms. The van der Waals surface area contributed by atoms with E-state index in [1.807, 2.05) is 56.3 Å². The smallest absolute Gasteiger partial charge is 0.284 e. The van der Waals surface area contributed by atoms with E-state index in [-0.39, 0.29) is 28.5 Å². The molecule has 1 aliphatic heterocycles. The van der Waals surface area contributed by atoms with Crippen LogP contribution in [-0.2, 0) is 10.0 Å². The van der Waals surface area contributed by atoms with Crippen molar-refractivity contribution < 1.29 is 8.42 Å². The van der Waals surface area contributed by atoms with Crippen LogP contribution in [0.3, 0.4) is 0 Å². The van der Waals surface area contributed by atoms with Crippen molar-refractivity contribution in [3.8, 4) is 0 Å². The van der Waals surface area contributed by atoms with Gasteiger partial charge in [0.15, 0.2) is 5.84 Å². The van der Waals surface area contributed by atoms with Crippen molar-refractivity contribution in [2.75, 3.05) is 6.54 Å². The van der Waals surface area contributed by atoms with Crippen molar-refractivity contribution in [3.05, 3.63) is 100 Å². The average Bonchev–Trinajstić information content (AvgIpc) is 3.28. The number of rotatable bonds is 5. The lowest BCUT2D eigenvalue weighted by atomic mass is 9.91. The van der Waals surface area contributed by atoms with Gasteiger partial charge in [0.25, 0.3) is 10.0 Å². The molecule has 3 aromatic carbocycles. The van der Waals surface area contributed by atoms with E-state index in [2.05, 4.69) is 9.39 Å². The Balaban J connectivity index is 1.84. The molecule has 1 aliphatic rings. The number of hydrogen-bond acceptors (Lipinski definition) is 4. The van der Waals surface area contributed by atoms with Gasteiger partial charge < -0.3 is 5.73 Å². The maximum atomic E-state index is 13.2. The van der Waals surface area contributed by atoms with Crippen molar-refractivity contribution in [2.45, 2.75) is 30.7 Å². The second-order valence-electron chi connectivity index (χ2n) is 8.49. The van der Waals surface area contributed by atoms with E-state index in [0.29, 0.717) is 16.6 Å². The zero-order valence-corrected chi connectivity index (χ0v) is 22.0. The lowest BCUT2D eigenvalue weighted by Gasteiger charge is -2.18. The molecule has 0 radical (unpaired) electrons. The third-order valence-electron chi connectivity index (χ3n) is 5.44. The molecular formula is C26H25Cl2N5O2S. The Morgan fingerprint density at radius 1 is 0.972 bits per heavy atom. The van der Waals surface area contributed by atoms with Crippen molar-refractivity contribution in [1.29, 1.82) is 0 Å². The number of nitrogens with zero attached hydrogens (tertiary/aromatic N) is 4. The zero-order valence-electron chi connectivity index (χ0n) is 19.7. The summed E-state index contributed by atoms with van der Waals surface area (Å²) in [4.78, 5) is 4.36.